The Morgan fingerprint density at radius 3 is 2.13 bits per heavy atom. The first-order chi connectivity index (χ1) is 14.6. The van der Waals surface area contributed by atoms with E-state index in [2.05, 4.69) is 23.1 Å². The van der Waals surface area contributed by atoms with Gasteiger partial charge < -0.3 is 23.7 Å². The van der Waals surface area contributed by atoms with Crippen LogP contribution >= 0.6 is 0 Å². The Hall–Kier alpha value is -3.41. The number of ether oxygens (including phenoxy) is 3. The van der Waals surface area contributed by atoms with E-state index in [0.717, 1.165) is 18.8 Å². The SMILES string of the molecule is COc1cc(C(=O)c2ccn(-c3cccc(N4CCCC4)c3)c2)cc(OC)c1OC. The van der Waals surface area contributed by atoms with Crippen LogP contribution in [0.15, 0.2) is 54.9 Å². The highest BCUT2D eigenvalue weighted by Crippen LogP contribution is 2.38. The van der Waals surface area contributed by atoms with Crippen LogP contribution in [0.5, 0.6) is 17.2 Å². The summed E-state index contributed by atoms with van der Waals surface area (Å²) in [6, 6.07) is 13.6. The molecule has 1 fully saturated rings. The van der Waals surface area contributed by atoms with Gasteiger partial charge in [0.25, 0.3) is 0 Å². The Balaban J connectivity index is 1.63. The van der Waals surface area contributed by atoms with Crippen molar-refractivity contribution in [2.75, 3.05) is 39.3 Å². The normalized spacial score (nSPS) is 13.4. The molecule has 1 saturated heterocycles. The third kappa shape index (κ3) is 3.73. The molecule has 156 valence electrons. The molecule has 0 radical (unpaired) electrons. The zero-order valence-electron chi connectivity index (χ0n) is 17.6. The predicted molar refractivity (Wildman–Crippen MR) is 117 cm³/mol. The van der Waals surface area contributed by atoms with Gasteiger partial charge in [0.05, 0.1) is 21.3 Å². The Kier molecular flexibility index (Phi) is 5.65. The molecule has 6 nitrogen and oxygen atoms in total. The van der Waals surface area contributed by atoms with Crippen molar-refractivity contribution in [2.45, 2.75) is 12.8 Å². The summed E-state index contributed by atoms with van der Waals surface area (Å²) in [6.07, 6.45) is 6.24. The quantitative estimate of drug-likeness (QED) is 0.547. The number of methoxy groups -OCH3 is 3. The standard InChI is InChI=1S/C24H26N2O4/c1-28-21-13-18(14-22(29-2)24(21)30-3)23(27)17-9-12-26(16-17)20-8-6-7-19(15-20)25-10-4-5-11-25/h6-9,12-16H,4-5,10-11H2,1-3H3. The Labute approximate surface area is 176 Å². The highest BCUT2D eigenvalue weighted by atomic mass is 16.5. The third-order valence-corrected chi connectivity index (χ3v) is 5.48. The topological polar surface area (TPSA) is 52.9 Å². The number of hydrogen-bond donors (Lipinski definition) is 0. The van der Waals surface area contributed by atoms with Crippen LogP contribution in [0, 0.1) is 0 Å². The molecule has 0 spiro atoms. The van der Waals surface area contributed by atoms with E-state index in [-0.39, 0.29) is 5.78 Å². The maximum atomic E-state index is 13.1. The molecule has 0 unspecified atom stereocenters. The highest BCUT2D eigenvalue weighted by Gasteiger charge is 2.19. The summed E-state index contributed by atoms with van der Waals surface area (Å²) in [5.74, 6) is 1.27. The third-order valence-electron chi connectivity index (χ3n) is 5.48. The van der Waals surface area contributed by atoms with Crippen LogP contribution in [0.4, 0.5) is 5.69 Å². The minimum atomic E-state index is -0.108. The number of anilines is 1. The summed E-state index contributed by atoms with van der Waals surface area (Å²) in [6.45, 7) is 2.19. The second-order valence-electron chi connectivity index (χ2n) is 7.26. The largest absolute Gasteiger partial charge is 0.493 e. The van der Waals surface area contributed by atoms with Gasteiger partial charge in [-0.2, -0.15) is 0 Å². The monoisotopic (exact) mass is 406 g/mol. The Morgan fingerprint density at radius 1 is 0.833 bits per heavy atom. The molecule has 0 bridgehead atoms. The van der Waals surface area contributed by atoms with E-state index in [1.807, 2.05) is 29.1 Å². The summed E-state index contributed by atoms with van der Waals surface area (Å²) >= 11 is 0. The molecule has 1 aliphatic rings. The van der Waals surface area contributed by atoms with Gasteiger partial charge in [0.1, 0.15) is 0 Å². The van der Waals surface area contributed by atoms with Crippen LogP contribution in [0.2, 0.25) is 0 Å². The number of carbonyl (C=O) groups excluding carboxylic acids is 1. The van der Waals surface area contributed by atoms with Gasteiger partial charge in [0.2, 0.25) is 5.75 Å². The fourth-order valence-electron chi connectivity index (χ4n) is 3.90. The number of hydrogen-bond acceptors (Lipinski definition) is 5. The van der Waals surface area contributed by atoms with Crippen LogP contribution in [0.25, 0.3) is 5.69 Å². The van der Waals surface area contributed by atoms with Gasteiger partial charge in [-0.15, -0.1) is 0 Å². The van der Waals surface area contributed by atoms with Crippen LogP contribution < -0.4 is 19.1 Å². The zero-order valence-corrected chi connectivity index (χ0v) is 17.6. The van der Waals surface area contributed by atoms with Crippen LogP contribution in [-0.2, 0) is 0 Å². The van der Waals surface area contributed by atoms with Crippen molar-refractivity contribution >= 4 is 11.5 Å². The molecule has 6 heteroatoms. The van der Waals surface area contributed by atoms with Crippen LogP contribution in [0.3, 0.4) is 0 Å². The van der Waals surface area contributed by atoms with E-state index in [1.165, 1.54) is 39.9 Å². The number of nitrogens with zero attached hydrogens (tertiary/aromatic N) is 2. The maximum absolute atomic E-state index is 13.1. The van der Waals surface area contributed by atoms with Crippen molar-refractivity contribution < 1.29 is 19.0 Å². The molecule has 30 heavy (non-hydrogen) atoms. The Bertz CT molecular complexity index is 1030. The first-order valence-electron chi connectivity index (χ1n) is 10.0. The lowest BCUT2D eigenvalue weighted by molar-refractivity contribution is 0.103. The smallest absolute Gasteiger partial charge is 0.203 e. The summed E-state index contributed by atoms with van der Waals surface area (Å²) in [7, 11) is 4.61. The lowest BCUT2D eigenvalue weighted by Gasteiger charge is -2.18. The van der Waals surface area contributed by atoms with E-state index in [4.69, 9.17) is 14.2 Å². The van der Waals surface area contributed by atoms with Crippen molar-refractivity contribution in [2.24, 2.45) is 0 Å². The van der Waals surface area contributed by atoms with Gasteiger partial charge in [0.15, 0.2) is 17.3 Å². The first-order valence-corrected chi connectivity index (χ1v) is 10.0. The molecule has 0 saturated carbocycles. The second kappa shape index (κ2) is 8.53. The van der Waals surface area contributed by atoms with Gasteiger partial charge >= 0.3 is 0 Å². The predicted octanol–water partition coefficient (Wildman–Crippen LogP) is 4.33. The van der Waals surface area contributed by atoms with E-state index < -0.39 is 0 Å². The lowest BCUT2D eigenvalue weighted by atomic mass is 10.0. The van der Waals surface area contributed by atoms with Crippen molar-refractivity contribution in [1.29, 1.82) is 0 Å². The van der Waals surface area contributed by atoms with E-state index in [1.54, 1.807) is 12.1 Å². The maximum Gasteiger partial charge on any atom is 0.203 e. The van der Waals surface area contributed by atoms with E-state index >= 15 is 0 Å². The summed E-state index contributed by atoms with van der Waals surface area (Å²) in [5, 5.41) is 0. The fourth-order valence-corrected chi connectivity index (χ4v) is 3.90. The molecule has 0 amide bonds. The van der Waals surface area contributed by atoms with Gasteiger partial charge in [-0.1, -0.05) is 6.07 Å². The second-order valence-corrected chi connectivity index (χ2v) is 7.26. The molecular weight excluding hydrogens is 380 g/mol. The fraction of sp³-hybridized carbons (Fsp3) is 0.292. The molecular formula is C24H26N2O4. The van der Waals surface area contributed by atoms with Crippen molar-refractivity contribution in [3.05, 3.63) is 66.0 Å². The molecule has 1 aliphatic heterocycles. The van der Waals surface area contributed by atoms with Crippen molar-refractivity contribution in [1.82, 2.24) is 4.57 Å². The number of benzene rings is 2. The number of carbonyl (C=O) groups is 1. The van der Waals surface area contributed by atoms with Crippen LogP contribution in [0.1, 0.15) is 28.8 Å². The highest BCUT2D eigenvalue weighted by molar-refractivity contribution is 6.09. The molecule has 0 atom stereocenters. The van der Waals surface area contributed by atoms with Crippen molar-refractivity contribution in [3.63, 3.8) is 0 Å². The van der Waals surface area contributed by atoms with Crippen molar-refractivity contribution in [3.8, 4) is 22.9 Å². The first kappa shape index (κ1) is 19.9. The Morgan fingerprint density at radius 2 is 1.50 bits per heavy atom. The molecule has 2 aromatic carbocycles. The molecule has 0 N–H and O–H groups in total. The van der Waals surface area contributed by atoms with E-state index in [9.17, 15) is 4.79 Å². The van der Waals surface area contributed by atoms with E-state index in [0.29, 0.717) is 28.4 Å². The molecule has 4 rings (SSSR count). The van der Waals surface area contributed by atoms with Gasteiger partial charge in [-0.3, -0.25) is 4.79 Å². The molecule has 2 heterocycles. The summed E-state index contributed by atoms with van der Waals surface area (Å²) in [4.78, 5) is 15.5. The van der Waals surface area contributed by atoms with Gasteiger partial charge in [0, 0.05) is 48.0 Å². The lowest BCUT2D eigenvalue weighted by Crippen LogP contribution is -2.17. The van der Waals surface area contributed by atoms with Crippen LogP contribution in [-0.4, -0.2) is 44.8 Å². The minimum absolute atomic E-state index is 0.108. The molecule has 3 aromatic rings. The van der Waals surface area contributed by atoms with Gasteiger partial charge in [-0.25, -0.2) is 0 Å². The number of ketones is 1. The average Bonchev–Trinajstić information content (AvgIpc) is 3.50. The number of aromatic nitrogens is 1. The number of rotatable bonds is 7. The zero-order chi connectivity index (χ0) is 21.1. The average molecular weight is 406 g/mol. The van der Waals surface area contributed by atoms with Gasteiger partial charge in [-0.05, 0) is 49.2 Å². The summed E-state index contributed by atoms with van der Waals surface area (Å²) < 4.78 is 18.1. The molecule has 1 aromatic heterocycles. The summed E-state index contributed by atoms with van der Waals surface area (Å²) in [5.41, 5.74) is 3.32. The molecule has 0 aliphatic carbocycles. The minimum Gasteiger partial charge on any atom is -0.493 e.